The predicted molar refractivity (Wildman–Crippen MR) is 62.3 cm³/mol. The van der Waals surface area contributed by atoms with Crippen LogP contribution in [-0.2, 0) is 6.42 Å². The van der Waals surface area contributed by atoms with Crippen LogP contribution >= 0.6 is 11.6 Å². The van der Waals surface area contributed by atoms with E-state index in [2.05, 4.69) is 4.98 Å². The monoisotopic (exact) mass is 223 g/mol. The third-order valence-corrected chi connectivity index (χ3v) is 2.63. The summed E-state index contributed by atoms with van der Waals surface area (Å²) in [6.45, 7) is 0. The Kier molecular flexibility index (Phi) is 3.62. The number of halogens is 1. The van der Waals surface area contributed by atoms with Gasteiger partial charge in [0.1, 0.15) is 5.52 Å². The van der Waals surface area contributed by atoms with E-state index in [1.165, 1.54) is 0 Å². The first-order valence-corrected chi connectivity index (χ1v) is 5.84. The highest BCUT2D eigenvalue weighted by Crippen LogP contribution is 2.16. The van der Waals surface area contributed by atoms with Crippen molar-refractivity contribution < 1.29 is 4.42 Å². The third-order valence-electron chi connectivity index (χ3n) is 2.36. The first kappa shape index (κ1) is 10.5. The number of para-hydroxylation sites is 2. The molecule has 15 heavy (non-hydrogen) atoms. The van der Waals surface area contributed by atoms with Crippen LogP contribution in [0.15, 0.2) is 28.7 Å². The first-order chi connectivity index (χ1) is 7.40. The smallest absolute Gasteiger partial charge is 0.195 e. The van der Waals surface area contributed by atoms with Gasteiger partial charge in [0.25, 0.3) is 0 Å². The Bertz CT molecular complexity index is 391. The van der Waals surface area contributed by atoms with Gasteiger partial charge < -0.3 is 4.42 Å². The number of hydrogen-bond acceptors (Lipinski definition) is 2. The van der Waals surface area contributed by atoms with Crippen molar-refractivity contribution in [2.75, 3.05) is 5.88 Å². The van der Waals surface area contributed by atoms with E-state index in [0.717, 1.165) is 48.6 Å². The maximum Gasteiger partial charge on any atom is 0.195 e. The van der Waals surface area contributed by atoms with Crippen molar-refractivity contribution in [2.45, 2.75) is 25.7 Å². The molecule has 3 heteroatoms. The van der Waals surface area contributed by atoms with Gasteiger partial charge in [-0.25, -0.2) is 4.98 Å². The van der Waals surface area contributed by atoms with E-state index in [-0.39, 0.29) is 0 Å². The highest BCUT2D eigenvalue weighted by Gasteiger charge is 2.03. The van der Waals surface area contributed by atoms with Gasteiger partial charge in [0.05, 0.1) is 0 Å². The molecule has 0 spiro atoms. The van der Waals surface area contributed by atoms with Crippen LogP contribution in [0.4, 0.5) is 0 Å². The van der Waals surface area contributed by atoms with Gasteiger partial charge in [0, 0.05) is 12.3 Å². The van der Waals surface area contributed by atoms with E-state index in [0.29, 0.717) is 0 Å². The summed E-state index contributed by atoms with van der Waals surface area (Å²) in [5, 5.41) is 0. The van der Waals surface area contributed by atoms with Crippen LogP contribution in [0.5, 0.6) is 0 Å². The molecule has 1 aromatic heterocycles. The van der Waals surface area contributed by atoms with Crippen LogP contribution < -0.4 is 0 Å². The summed E-state index contributed by atoms with van der Waals surface area (Å²) in [6, 6.07) is 7.86. The van der Waals surface area contributed by atoms with Crippen LogP contribution in [0.1, 0.15) is 25.2 Å². The quantitative estimate of drug-likeness (QED) is 0.570. The zero-order chi connectivity index (χ0) is 10.5. The number of benzene rings is 1. The Morgan fingerprint density at radius 1 is 1.13 bits per heavy atom. The molecule has 0 aliphatic carbocycles. The Hall–Kier alpha value is -1.02. The van der Waals surface area contributed by atoms with Crippen molar-refractivity contribution in [3.8, 4) is 0 Å². The molecule has 0 atom stereocenters. The van der Waals surface area contributed by atoms with Crippen molar-refractivity contribution in [3.05, 3.63) is 30.2 Å². The minimum atomic E-state index is 0.744. The Morgan fingerprint density at radius 3 is 2.80 bits per heavy atom. The number of nitrogens with zero attached hydrogens (tertiary/aromatic N) is 1. The number of oxazole rings is 1. The second-order valence-electron chi connectivity index (χ2n) is 3.57. The van der Waals surface area contributed by atoms with Gasteiger partial charge in [0.2, 0.25) is 0 Å². The van der Waals surface area contributed by atoms with Gasteiger partial charge >= 0.3 is 0 Å². The molecule has 80 valence electrons. The van der Waals surface area contributed by atoms with E-state index in [4.69, 9.17) is 16.0 Å². The number of unbranched alkanes of at least 4 members (excludes halogenated alkanes) is 2. The number of rotatable bonds is 5. The van der Waals surface area contributed by atoms with Crippen molar-refractivity contribution in [1.82, 2.24) is 4.98 Å². The van der Waals surface area contributed by atoms with Crippen molar-refractivity contribution in [3.63, 3.8) is 0 Å². The lowest BCUT2D eigenvalue weighted by Gasteiger charge is -1.94. The van der Waals surface area contributed by atoms with Crippen LogP contribution in [0.25, 0.3) is 11.1 Å². The van der Waals surface area contributed by atoms with E-state index in [1.807, 2.05) is 24.3 Å². The SMILES string of the molecule is ClCCCCCc1nc2ccccc2o1. The highest BCUT2D eigenvalue weighted by molar-refractivity contribution is 6.17. The van der Waals surface area contributed by atoms with E-state index >= 15 is 0 Å². The standard InChI is InChI=1S/C12H14ClNO/c13-9-5-1-2-8-12-14-10-6-3-4-7-11(10)15-12/h3-4,6-7H,1-2,5,8-9H2. The molecule has 0 saturated heterocycles. The fraction of sp³-hybridized carbons (Fsp3) is 0.417. The first-order valence-electron chi connectivity index (χ1n) is 5.30. The maximum atomic E-state index is 5.61. The average molecular weight is 224 g/mol. The van der Waals surface area contributed by atoms with Crippen LogP contribution in [0, 0.1) is 0 Å². The molecule has 1 aromatic carbocycles. The molecule has 2 nitrogen and oxygen atoms in total. The second kappa shape index (κ2) is 5.17. The average Bonchev–Trinajstić information content (AvgIpc) is 2.67. The van der Waals surface area contributed by atoms with Crippen molar-refractivity contribution in [2.24, 2.45) is 0 Å². The van der Waals surface area contributed by atoms with Crippen molar-refractivity contribution >= 4 is 22.7 Å². The van der Waals surface area contributed by atoms with Gasteiger partial charge in [-0.3, -0.25) is 0 Å². The van der Waals surface area contributed by atoms with Gasteiger partial charge in [0.15, 0.2) is 11.5 Å². The van der Waals surface area contributed by atoms with Crippen LogP contribution in [0.3, 0.4) is 0 Å². The summed E-state index contributed by atoms with van der Waals surface area (Å²) in [5.41, 5.74) is 1.83. The zero-order valence-electron chi connectivity index (χ0n) is 8.58. The molecule has 0 bridgehead atoms. The second-order valence-corrected chi connectivity index (χ2v) is 3.95. The molecule has 2 rings (SSSR count). The number of aryl methyl sites for hydroxylation is 1. The van der Waals surface area contributed by atoms with Crippen LogP contribution in [0.2, 0.25) is 0 Å². The van der Waals surface area contributed by atoms with Crippen molar-refractivity contribution in [1.29, 1.82) is 0 Å². The summed E-state index contributed by atoms with van der Waals surface area (Å²) in [7, 11) is 0. The number of fused-ring (bicyclic) bond motifs is 1. The van der Waals surface area contributed by atoms with E-state index < -0.39 is 0 Å². The summed E-state index contributed by atoms with van der Waals surface area (Å²) in [5.74, 6) is 1.58. The number of aromatic nitrogens is 1. The summed E-state index contributed by atoms with van der Waals surface area (Å²) in [4.78, 5) is 4.41. The lowest BCUT2D eigenvalue weighted by Crippen LogP contribution is -1.85. The lowest BCUT2D eigenvalue weighted by molar-refractivity contribution is 0.513. The highest BCUT2D eigenvalue weighted by atomic mass is 35.5. The largest absolute Gasteiger partial charge is 0.441 e. The summed E-state index contributed by atoms with van der Waals surface area (Å²) < 4.78 is 5.60. The summed E-state index contributed by atoms with van der Waals surface area (Å²) in [6.07, 6.45) is 4.22. The molecule has 0 aliphatic rings. The minimum Gasteiger partial charge on any atom is -0.441 e. The van der Waals surface area contributed by atoms with E-state index in [9.17, 15) is 0 Å². The maximum absolute atomic E-state index is 5.61. The summed E-state index contributed by atoms with van der Waals surface area (Å²) >= 11 is 5.61. The van der Waals surface area contributed by atoms with E-state index in [1.54, 1.807) is 0 Å². The molecule has 2 aromatic rings. The molecular weight excluding hydrogens is 210 g/mol. The Balaban J connectivity index is 1.97. The predicted octanol–water partition coefficient (Wildman–Crippen LogP) is 3.78. The molecule has 0 N–H and O–H groups in total. The molecule has 0 aliphatic heterocycles. The fourth-order valence-electron chi connectivity index (χ4n) is 1.57. The number of hydrogen-bond donors (Lipinski definition) is 0. The van der Waals surface area contributed by atoms with Gasteiger partial charge in [-0.15, -0.1) is 11.6 Å². The Morgan fingerprint density at radius 2 is 2.00 bits per heavy atom. The molecule has 0 saturated carbocycles. The lowest BCUT2D eigenvalue weighted by atomic mass is 10.2. The normalized spacial score (nSPS) is 11.0. The fourth-order valence-corrected chi connectivity index (χ4v) is 1.76. The Labute approximate surface area is 94.3 Å². The topological polar surface area (TPSA) is 26.0 Å². The minimum absolute atomic E-state index is 0.744. The van der Waals surface area contributed by atoms with Gasteiger partial charge in [-0.1, -0.05) is 18.6 Å². The molecule has 1 heterocycles. The van der Waals surface area contributed by atoms with Gasteiger partial charge in [-0.05, 0) is 25.0 Å². The molecule has 0 amide bonds. The van der Waals surface area contributed by atoms with Gasteiger partial charge in [-0.2, -0.15) is 0 Å². The zero-order valence-corrected chi connectivity index (χ0v) is 9.33. The molecule has 0 unspecified atom stereocenters. The molecular formula is C12H14ClNO. The third kappa shape index (κ3) is 2.72. The number of alkyl halides is 1. The molecule has 0 radical (unpaired) electrons. The molecule has 0 fully saturated rings. The van der Waals surface area contributed by atoms with Crippen LogP contribution in [-0.4, -0.2) is 10.9 Å².